The lowest BCUT2D eigenvalue weighted by molar-refractivity contribution is -0.151. The Bertz CT molecular complexity index is 690. The van der Waals surface area contributed by atoms with Gasteiger partial charge in [0.1, 0.15) is 0 Å². The fourth-order valence-electron chi connectivity index (χ4n) is 2.84. The third-order valence-corrected chi connectivity index (χ3v) is 5.03. The van der Waals surface area contributed by atoms with Crippen LogP contribution < -0.4 is 0 Å². The Hall–Kier alpha value is -2.02. The summed E-state index contributed by atoms with van der Waals surface area (Å²) >= 11 is 1.41. The molecule has 2 aromatic rings. The molecule has 0 bridgehead atoms. The number of carbonyl (C=O) groups excluding carboxylic acids is 2. The Balaban J connectivity index is 1.48. The normalized spacial score (nSPS) is 15.6. The molecule has 0 aliphatic carbocycles. The van der Waals surface area contributed by atoms with Crippen molar-refractivity contribution in [3.05, 3.63) is 24.3 Å². The molecule has 1 aromatic heterocycles. The smallest absolute Gasteiger partial charge is 0.309 e. The quantitative estimate of drug-likeness (QED) is 0.664. The molecular weight excluding hydrogens is 326 g/mol. The number of aromatic amines is 1. The van der Waals surface area contributed by atoms with Crippen LogP contribution in [0.25, 0.3) is 11.0 Å². The van der Waals surface area contributed by atoms with E-state index in [-0.39, 0.29) is 17.8 Å². The molecule has 0 spiro atoms. The lowest BCUT2D eigenvalue weighted by Crippen LogP contribution is -2.41. The van der Waals surface area contributed by atoms with E-state index in [4.69, 9.17) is 4.74 Å². The van der Waals surface area contributed by atoms with Gasteiger partial charge >= 0.3 is 5.97 Å². The minimum atomic E-state index is -0.138. The molecule has 3 rings (SSSR count). The Labute approximate surface area is 145 Å². The Morgan fingerprint density at radius 1 is 1.33 bits per heavy atom. The van der Waals surface area contributed by atoms with Gasteiger partial charge in [0.25, 0.3) is 0 Å². The predicted molar refractivity (Wildman–Crippen MR) is 92.8 cm³/mol. The van der Waals surface area contributed by atoms with Crippen molar-refractivity contribution in [3.8, 4) is 0 Å². The number of rotatable bonds is 5. The standard InChI is InChI=1S/C17H21N3O3S/c1-2-23-16(22)12-7-9-20(10-8-12)15(21)11-24-17-18-13-5-3-4-6-14(13)19-17/h3-6,12H,2,7-11H2,1H3,(H,18,19). The van der Waals surface area contributed by atoms with Crippen LogP contribution in [0.15, 0.2) is 29.4 Å². The molecule has 1 N–H and O–H groups in total. The van der Waals surface area contributed by atoms with Crippen molar-refractivity contribution in [2.75, 3.05) is 25.4 Å². The number of para-hydroxylation sites is 2. The monoisotopic (exact) mass is 347 g/mol. The number of piperidine rings is 1. The molecule has 6 nitrogen and oxygen atoms in total. The zero-order chi connectivity index (χ0) is 16.9. The summed E-state index contributed by atoms with van der Waals surface area (Å²) in [4.78, 5) is 33.6. The molecule has 1 aliphatic rings. The van der Waals surface area contributed by atoms with Crippen LogP contribution in [0, 0.1) is 5.92 Å². The van der Waals surface area contributed by atoms with Gasteiger partial charge in [-0.05, 0) is 31.9 Å². The van der Waals surface area contributed by atoms with Crippen molar-refractivity contribution in [3.63, 3.8) is 0 Å². The number of aromatic nitrogens is 2. The van der Waals surface area contributed by atoms with Crippen molar-refractivity contribution in [2.45, 2.75) is 24.9 Å². The molecule has 7 heteroatoms. The third kappa shape index (κ3) is 3.90. The second-order valence-electron chi connectivity index (χ2n) is 5.75. The summed E-state index contributed by atoms with van der Waals surface area (Å²) < 4.78 is 5.05. The van der Waals surface area contributed by atoms with Crippen LogP contribution in [0.1, 0.15) is 19.8 Å². The predicted octanol–water partition coefficient (Wildman–Crippen LogP) is 2.46. The maximum absolute atomic E-state index is 12.3. The maximum atomic E-state index is 12.3. The van der Waals surface area contributed by atoms with E-state index in [1.165, 1.54) is 11.8 Å². The van der Waals surface area contributed by atoms with E-state index in [1.807, 2.05) is 36.1 Å². The second-order valence-corrected chi connectivity index (χ2v) is 6.72. The lowest BCUT2D eigenvalue weighted by Gasteiger charge is -2.30. The van der Waals surface area contributed by atoms with Crippen LogP contribution in [0.5, 0.6) is 0 Å². The van der Waals surface area contributed by atoms with Gasteiger partial charge in [-0.1, -0.05) is 23.9 Å². The average molecular weight is 347 g/mol. The van der Waals surface area contributed by atoms with E-state index in [2.05, 4.69) is 9.97 Å². The minimum absolute atomic E-state index is 0.0722. The fourth-order valence-corrected chi connectivity index (χ4v) is 3.63. The molecule has 24 heavy (non-hydrogen) atoms. The van der Waals surface area contributed by atoms with Crippen LogP contribution in [0.3, 0.4) is 0 Å². The third-order valence-electron chi connectivity index (χ3n) is 4.17. The SMILES string of the molecule is CCOC(=O)C1CCN(C(=O)CSc2nc3ccccc3[nH]2)CC1. The van der Waals surface area contributed by atoms with Crippen LogP contribution in [-0.4, -0.2) is 52.2 Å². The topological polar surface area (TPSA) is 75.3 Å². The number of nitrogens with one attached hydrogen (secondary N) is 1. The first-order valence-electron chi connectivity index (χ1n) is 8.19. The van der Waals surface area contributed by atoms with Gasteiger partial charge in [-0.25, -0.2) is 4.98 Å². The van der Waals surface area contributed by atoms with E-state index in [0.717, 1.165) is 16.2 Å². The van der Waals surface area contributed by atoms with E-state index >= 15 is 0 Å². The summed E-state index contributed by atoms with van der Waals surface area (Å²) in [5.41, 5.74) is 1.88. The zero-order valence-corrected chi connectivity index (χ0v) is 14.5. The van der Waals surface area contributed by atoms with E-state index < -0.39 is 0 Å². The number of hydrogen-bond donors (Lipinski definition) is 1. The lowest BCUT2D eigenvalue weighted by atomic mass is 9.97. The van der Waals surface area contributed by atoms with Crippen LogP contribution >= 0.6 is 11.8 Å². The van der Waals surface area contributed by atoms with Gasteiger partial charge in [-0.2, -0.15) is 0 Å². The largest absolute Gasteiger partial charge is 0.466 e. The summed E-state index contributed by atoms with van der Waals surface area (Å²) in [5, 5.41) is 0.756. The summed E-state index contributed by atoms with van der Waals surface area (Å²) in [7, 11) is 0. The highest BCUT2D eigenvalue weighted by Crippen LogP contribution is 2.22. The van der Waals surface area contributed by atoms with Crippen LogP contribution in [-0.2, 0) is 14.3 Å². The van der Waals surface area contributed by atoms with Gasteiger partial charge in [-0.3, -0.25) is 9.59 Å². The molecule has 1 fully saturated rings. The van der Waals surface area contributed by atoms with Crippen molar-refractivity contribution in [2.24, 2.45) is 5.92 Å². The van der Waals surface area contributed by atoms with E-state index in [9.17, 15) is 9.59 Å². The number of hydrogen-bond acceptors (Lipinski definition) is 5. The van der Waals surface area contributed by atoms with E-state index in [0.29, 0.717) is 38.3 Å². The number of esters is 1. The van der Waals surface area contributed by atoms with E-state index in [1.54, 1.807) is 0 Å². The fraction of sp³-hybridized carbons (Fsp3) is 0.471. The highest BCUT2D eigenvalue weighted by atomic mass is 32.2. The summed E-state index contributed by atoms with van der Waals surface area (Å²) in [6, 6.07) is 7.80. The first kappa shape index (κ1) is 16.8. The summed E-state index contributed by atoms with van der Waals surface area (Å²) in [6.45, 7) is 3.45. The Kier molecular flexibility index (Phi) is 5.40. The van der Waals surface area contributed by atoms with Crippen molar-refractivity contribution in [1.82, 2.24) is 14.9 Å². The van der Waals surface area contributed by atoms with Gasteiger partial charge in [0.2, 0.25) is 5.91 Å². The molecule has 1 saturated heterocycles. The average Bonchev–Trinajstić information content (AvgIpc) is 3.03. The Morgan fingerprint density at radius 3 is 2.79 bits per heavy atom. The van der Waals surface area contributed by atoms with Gasteiger partial charge in [0.15, 0.2) is 5.16 Å². The van der Waals surface area contributed by atoms with Crippen LogP contribution in [0.2, 0.25) is 0 Å². The van der Waals surface area contributed by atoms with Crippen LogP contribution in [0.4, 0.5) is 0 Å². The molecule has 0 unspecified atom stereocenters. The molecule has 1 aromatic carbocycles. The number of imidazole rings is 1. The molecule has 2 heterocycles. The van der Waals surface area contributed by atoms with Crippen molar-refractivity contribution < 1.29 is 14.3 Å². The highest BCUT2D eigenvalue weighted by Gasteiger charge is 2.28. The number of carbonyl (C=O) groups is 2. The zero-order valence-electron chi connectivity index (χ0n) is 13.7. The highest BCUT2D eigenvalue weighted by molar-refractivity contribution is 7.99. The number of H-pyrrole nitrogens is 1. The van der Waals surface area contributed by atoms with Crippen molar-refractivity contribution >= 4 is 34.7 Å². The summed E-state index contributed by atoms with van der Waals surface area (Å²) in [5.74, 6) is 0.227. The number of ether oxygens (including phenoxy) is 1. The molecule has 0 radical (unpaired) electrons. The van der Waals surface area contributed by atoms with Gasteiger partial charge < -0.3 is 14.6 Å². The number of likely N-dealkylation sites (tertiary alicyclic amines) is 1. The van der Waals surface area contributed by atoms with Gasteiger partial charge in [-0.15, -0.1) is 0 Å². The number of amides is 1. The van der Waals surface area contributed by atoms with Gasteiger partial charge in [0.05, 0.1) is 29.3 Å². The molecule has 128 valence electrons. The number of benzene rings is 1. The second kappa shape index (κ2) is 7.70. The number of thioether (sulfide) groups is 1. The van der Waals surface area contributed by atoms with Crippen molar-refractivity contribution in [1.29, 1.82) is 0 Å². The molecule has 1 amide bonds. The molecule has 0 atom stereocenters. The first-order chi connectivity index (χ1) is 11.7. The number of fused-ring (bicyclic) bond motifs is 1. The number of nitrogens with zero attached hydrogens (tertiary/aromatic N) is 2. The maximum Gasteiger partial charge on any atom is 0.309 e. The molecular formula is C17H21N3O3S. The molecule has 0 saturated carbocycles. The Morgan fingerprint density at radius 2 is 2.08 bits per heavy atom. The molecule has 1 aliphatic heterocycles. The first-order valence-corrected chi connectivity index (χ1v) is 9.18. The van der Waals surface area contributed by atoms with Gasteiger partial charge in [0, 0.05) is 13.1 Å². The summed E-state index contributed by atoms with van der Waals surface area (Å²) in [6.07, 6.45) is 1.36. The minimum Gasteiger partial charge on any atom is -0.466 e.